The minimum Gasteiger partial charge on any atom is -0.466 e. The number of unbranched alkanes of at least 4 members (excludes halogenated alkanes) is 40. The number of allylic oxidation sites excluding steroid dienone is 3. The number of aliphatic hydroxyl groups is 2. The summed E-state index contributed by atoms with van der Waals surface area (Å²) in [6.07, 6.45) is 64.7. The molecule has 0 aliphatic carbocycles. The first-order valence-electron chi connectivity index (χ1n) is 28.6. The van der Waals surface area contributed by atoms with Crippen molar-refractivity contribution >= 4 is 11.9 Å². The Kier molecular flexibility index (Phi) is 52.6. The van der Waals surface area contributed by atoms with Gasteiger partial charge in [-0.2, -0.15) is 0 Å². The van der Waals surface area contributed by atoms with Gasteiger partial charge in [-0.1, -0.05) is 263 Å². The molecule has 64 heavy (non-hydrogen) atoms. The molecule has 0 aromatic heterocycles. The van der Waals surface area contributed by atoms with Gasteiger partial charge in [0.15, 0.2) is 0 Å². The first kappa shape index (κ1) is 62.3. The highest BCUT2D eigenvalue weighted by molar-refractivity contribution is 5.76. The summed E-state index contributed by atoms with van der Waals surface area (Å²) in [4.78, 5) is 24.5. The lowest BCUT2D eigenvalue weighted by molar-refractivity contribution is -0.143. The van der Waals surface area contributed by atoms with Gasteiger partial charge in [-0.15, -0.1) is 0 Å². The van der Waals surface area contributed by atoms with E-state index in [4.69, 9.17) is 4.74 Å². The van der Waals surface area contributed by atoms with Crippen molar-refractivity contribution in [3.63, 3.8) is 0 Å². The zero-order chi connectivity index (χ0) is 46.5. The van der Waals surface area contributed by atoms with E-state index in [-0.39, 0.29) is 18.5 Å². The number of aliphatic hydroxyl groups excluding tert-OH is 2. The van der Waals surface area contributed by atoms with Crippen LogP contribution in [0.4, 0.5) is 0 Å². The first-order valence-corrected chi connectivity index (χ1v) is 28.6. The standard InChI is InChI=1S/C58H111NO5/c1-3-5-7-9-11-13-15-17-19-20-21-22-24-28-32-36-40-44-48-52-58(63)64-53-49-45-41-37-33-29-25-27-31-35-39-43-47-51-57(62)59-55(54-60)56(61)50-46-42-38-34-30-26-23-18-16-14-12-10-8-6-4-2/h17,19,46,50,55-56,60-61H,3-16,18,20-45,47-49,51-54H2,1-2H3,(H,59,62)/b19-17-,50-46+. The van der Waals surface area contributed by atoms with E-state index in [1.54, 1.807) is 6.08 Å². The van der Waals surface area contributed by atoms with E-state index in [0.29, 0.717) is 19.4 Å². The lowest BCUT2D eigenvalue weighted by Gasteiger charge is -2.20. The molecule has 0 heterocycles. The zero-order valence-electron chi connectivity index (χ0n) is 43.0. The number of hydrogen-bond donors (Lipinski definition) is 3. The summed E-state index contributed by atoms with van der Waals surface area (Å²) >= 11 is 0. The number of carbonyl (C=O) groups excluding carboxylic acids is 2. The minimum absolute atomic E-state index is 0.00708. The van der Waals surface area contributed by atoms with Gasteiger partial charge >= 0.3 is 5.97 Å². The van der Waals surface area contributed by atoms with Crippen molar-refractivity contribution in [2.75, 3.05) is 13.2 Å². The molecule has 0 aliphatic rings. The lowest BCUT2D eigenvalue weighted by Crippen LogP contribution is -2.45. The fourth-order valence-corrected chi connectivity index (χ4v) is 8.81. The van der Waals surface area contributed by atoms with Crippen LogP contribution in [0.2, 0.25) is 0 Å². The molecule has 0 saturated carbocycles. The van der Waals surface area contributed by atoms with Gasteiger partial charge in [0.2, 0.25) is 5.91 Å². The highest BCUT2D eigenvalue weighted by Gasteiger charge is 2.18. The second kappa shape index (κ2) is 54.0. The van der Waals surface area contributed by atoms with Crippen LogP contribution in [0.15, 0.2) is 24.3 Å². The summed E-state index contributed by atoms with van der Waals surface area (Å²) in [5, 5.41) is 23.1. The molecule has 1 amide bonds. The molecule has 6 heteroatoms. The van der Waals surface area contributed by atoms with E-state index >= 15 is 0 Å². The maximum atomic E-state index is 12.4. The molecular weight excluding hydrogens is 791 g/mol. The maximum absolute atomic E-state index is 12.4. The van der Waals surface area contributed by atoms with Crippen molar-refractivity contribution in [1.82, 2.24) is 5.32 Å². The lowest BCUT2D eigenvalue weighted by atomic mass is 10.0. The quantitative estimate of drug-likeness (QED) is 0.0321. The van der Waals surface area contributed by atoms with E-state index in [9.17, 15) is 19.8 Å². The Bertz CT molecular complexity index is 997. The van der Waals surface area contributed by atoms with E-state index in [2.05, 4.69) is 31.3 Å². The minimum atomic E-state index is -0.852. The molecule has 378 valence electrons. The Labute approximate surface area is 399 Å². The Morgan fingerprint density at radius 2 is 0.734 bits per heavy atom. The normalized spacial score (nSPS) is 12.8. The molecule has 6 nitrogen and oxygen atoms in total. The van der Waals surface area contributed by atoms with Crippen LogP contribution in [0, 0.1) is 0 Å². The molecule has 0 saturated heterocycles. The van der Waals surface area contributed by atoms with Gasteiger partial charge in [0.05, 0.1) is 25.4 Å². The second-order valence-corrected chi connectivity index (χ2v) is 19.6. The Balaban J connectivity index is 3.45. The van der Waals surface area contributed by atoms with Gasteiger partial charge in [0.25, 0.3) is 0 Å². The summed E-state index contributed by atoms with van der Waals surface area (Å²) < 4.78 is 5.48. The van der Waals surface area contributed by atoms with Crippen LogP contribution < -0.4 is 5.32 Å². The van der Waals surface area contributed by atoms with E-state index in [1.807, 2.05) is 6.08 Å². The molecule has 0 fully saturated rings. The third kappa shape index (κ3) is 49.8. The zero-order valence-corrected chi connectivity index (χ0v) is 43.0. The van der Waals surface area contributed by atoms with Crippen LogP contribution in [-0.4, -0.2) is 47.4 Å². The van der Waals surface area contributed by atoms with Gasteiger partial charge in [-0.05, 0) is 57.8 Å². The van der Waals surface area contributed by atoms with Crippen LogP contribution in [-0.2, 0) is 14.3 Å². The fourth-order valence-electron chi connectivity index (χ4n) is 8.81. The van der Waals surface area contributed by atoms with Gasteiger partial charge in [0, 0.05) is 12.8 Å². The van der Waals surface area contributed by atoms with Gasteiger partial charge < -0.3 is 20.3 Å². The summed E-state index contributed by atoms with van der Waals surface area (Å²) in [5.41, 5.74) is 0. The van der Waals surface area contributed by atoms with Crippen molar-refractivity contribution in [3.8, 4) is 0 Å². The molecule has 3 N–H and O–H groups in total. The smallest absolute Gasteiger partial charge is 0.305 e. The Morgan fingerprint density at radius 1 is 0.422 bits per heavy atom. The number of nitrogens with one attached hydrogen (secondary N) is 1. The maximum Gasteiger partial charge on any atom is 0.305 e. The highest BCUT2D eigenvalue weighted by atomic mass is 16.5. The Hall–Kier alpha value is -1.66. The molecule has 0 aromatic carbocycles. The molecule has 2 atom stereocenters. The van der Waals surface area contributed by atoms with Crippen molar-refractivity contribution in [3.05, 3.63) is 24.3 Å². The van der Waals surface area contributed by atoms with E-state index in [0.717, 1.165) is 57.8 Å². The number of esters is 1. The Morgan fingerprint density at radius 3 is 1.11 bits per heavy atom. The summed E-state index contributed by atoms with van der Waals surface area (Å²) in [7, 11) is 0. The number of rotatable bonds is 53. The summed E-state index contributed by atoms with van der Waals surface area (Å²) in [6, 6.07) is -0.637. The number of amides is 1. The van der Waals surface area contributed by atoms with Gasteiger partial charge in [-0.3, -0.25) is 9.59 Å². The van der Waals surface area contributed by atoms with Crippen LogP contribution in [0.1, 0.15) is 309 Å². The predicted octanol–water partition coefficient (Wildman–Crippen LogP) is 17.5. The topological polar surface area (TPSA) is 95.9 Å². The summed E-state index contributed by atoms with van der Waals surface area (Å²) in [6.45, 7) is 4.88. The average Bonchev–Trinajstić information content (AvgIpc) is 3.29. The molecule has 0 bridgehead atoms. The molecule has 0 aromatic rings. The fraction of sp³-hybridized carbons (Fsp3) is 0.897. The molecule has 0 spiro atoms. The van der Waals surface area contributed by atoms with Crippen LogP contribution in [0.3, 0.4) is 0 Å². The largest absolute Gasteiger partial charge is 0.466 e. The number of hydrogen-bond acceptors (Lipinski definition) is 5. The van der Waals surface area contributed by atoms with E-state index < -0.39 is 12.1 Å². The third-order valence-electron chi connectivity index (χ3n) is 13.2. The second-order valence-electron chi connectivity index (χ2n) is 19.6. The van der Waals surface area contributed by atoms with Crippen molar-refractivity contribution in [2.45, 2.75) is 321 Å². The molecule has 0 aliphatic heterocycles. The van der Waals surface area contributed by atoms with E-state index in [1.165, 1.54) is 225 Å². The molecule has 0 rings (SSSR count). The van der Waals surface area contributed by atoms with Crippen molar-refractivity contribution in [1.29, 1.82) is 0 Å². The molecule has 2 unspecified atom stereocenters. The van der Waals surface area contributed by atoms with Crippen molar-refractivity contribution < 1.29 is 24.5 Å². The monoisotopic (exact) mass is 902 g/mol. The van der Waals surface area contributed by atoms with Crippen LogP contribution in [0.5, 0.6) is 0 Å². The van der Waals surface area contributed by atoms with Gasteiger partial charge in [0.1, 0.15) is 0 Å². The number of carbonyl (C=O) groups is 2. The molecule has 0 radical (unpaired) electrons. The van der Waals surface area contributed by atoms with Crippen LogP contribution >= 0.6 is 0 Å². The average molecular weight is 903 g/mol. The number of ether oxygens (including phenoxy) is 1. The third-order valence-corrected chi connectivity index (χ3v) is 13.2. The predicted molar refractivity (Wildman–Crippen MR) is 278 cm³/mol. The SMILES string of the molecule is CCCCCCCC/C=C\CCCCCCCCCCCC(=O)OCCCCCCCCCCCCCCCC(=O)NC(CO)C(O)/C=C/CCCCCCCCCCCCCCC. The van der Waals surface area contributed by atoms with Crippen LogP contribution in [0.25, 0.3) is 0 Å². The highest BCUT2D eigenvalue weighted by Crippen LogP contribution is 2.16. The molecular formula is C58H111NO5. The van der Waals surface area contributed by atoms with Gasteiger partial charge in [-0.25, -0.2) is 0 Å². The first-order chi connectivity index (χ1) is 31.5. The summed E-state index contributed by atoms with van der Waals surface area (Å²) in [5.74, 6) is -0.0867. The van der Waals surface area contributed by atoms with Crippen molar-refractivity contribution in [2.24, 2.45) is 0 Å².